The number of aromatic amines is 1. The van der Waals surface area contributed by atoms with Gasteiger partial charge in [0.2, 0.25) is 0 Å². The van der Waals surface area contributed by atoms with Crippen LogP contribution >= 0.6 is 0 Å². The van der Waals surface area contributed by atoms with Crippen molar-refractivity contribution in [2.24, 2.45) is 5.92 Å². The number of rotatable bonds is 7. The Balaban J connectivity index is 1.90. The number of aliphatic hydroxyl groups is 1. The Bertz CT molecular complexity index is 510. The fraction of sp³-hybridized carbons (Fsp3) is 0.467. The second-order valence-electron chi connectivity index (χ2n) is 5.40. The van der Waals surface area contributed by atoms with Crippen LogP contribution in [0.4, 0.5) is 0 Å². The summed E-state index contributed by atoms with van der Waals surface area (Å²) in [5, 5.41) is 24.1. The van der Waals surface area contributed by atoms with Crippen LogP contribution in [0.15, 0.2) is 30.3 Å². The molecule has 3 N–H and O–H groups in total. The van der Waals surface area contributed by atoms with Gasteiger partial charge in [-0.3, -0.25) is 0 Å². The van der Waals surface area contributed by atoms with Crippen LogP contribution in [0.2, 0.25) is 0 Å². The lowest BCUT2D eigenvalue weighted by Crippen LogP contribution is -2.27. The zero-order valence-corrected chi connectivity index (χ0v) is 12.0. The highest BCUT2D eigenvalue weighted by Gasteiger charge is 2.11. The predicted octanol–water partition coefficient (Wildman–Crippen LogP) is 1.97. The smallest absolute Gasteiger partial charge is 0.117 e. The molecule has 0 amide bonds. The SMILES string of the molecule is CC(C)CC(O)CNCc1n[nH]nc1-c1ccccc1. The van der Waals surface area contributed by atoms with Gasteiger partial charge in [-0.15, -0.1) is 0 Å². The normalized spacial score (nSPS) is 12.8. The number of nitrogens with one attached hydrogen (secondary N) is 2. The van der Waals surface area contributed by atoms with Crippen LogP contribution in [0, 0.1) is 5.92 Å². The van der Waals surface area contributed by atoms with Gasteiger partial charge in [-0.1, -0.05) is 44.2 Å². The molecular weight excluding hydrogens is 252 g/mol. The van der Waals surface area contributed by atoms with Gasteiger partial charge in [0, 0.05) is 18.7 Å². The highest BCUT2D eigenvalue weighted by Crippen LogP contribution is 2.18. The molecule has 1 aromatic heterocycles. The van der Waals surface area contributed by atoms with Crippen molar-refractivity contribution in [3.8, 4) is 11.3 Å². The van der Waals surface area contributed by atoms with Crippen molar-refractivity contribution in [1.29, 1.82) is 0 Å². The lowest BCUT2D eigenvalue weighted by atomic mass is 10.1. The molecule has 0 aliphatic heterocycles. The number of aromatic nitrogens is 3. The van der Waals surface area contributed by atoms with E-state index in [-0.39, 0.29) is 6.10 Å². The van der Waals surface area contributed by atoms with E-state index in [1.54, 1.807) is 0 Å². The summed E-state index contributed by atoms with van der Waals surface area (Å²) >= 11 is 0. The highest BCUT2D eigenvalue weighted by atomic mass is 16.3. The number of aliphatic hydroxyl groups excluding tert-OH is 1. The van der Waals surface area contributed by atoms with Crippen LogP contribution in [0.5, 0.6) is 0 Å². The maximum atomic E-state index is 9.83. The molecule has 20 heavy (non-hydrogen) atoms. The van der Waals surface area contributed by atoms with Crippen LogP contribution < -0.4 is 5.32 Å². The van der Waals surface area contributed by atoms with E-state index < -0.39 is 0 Å². The quantitative estimate of drug-likeness (QED) is 0.721. The first kappa shape index (κ1) is 14.7. The fourth-order valence-electron chi connectivity index (χ4n) is 2.19. The maximum Gasteiger partial charge on any atom is 0.117 e. The molecule has 0 fully saturated rings. The molecule has 0 radical (unpaired) electrons. The van der Waals surface area contributed by atoms with Crippen LogP contribution in [0.25, 0.3) is 11.3 Å². The second kappa shape index (κ2) is 7.17. The van der Waals surface area contributed by atoms with E-state index in [9.17, 15) is 5.11 Å². The second-order valence-corrected chi connectivity index (χ2v) is 5.40. The van der Waals surface area contributed by atoms with Crippen LogP contribution in [0.1, 0.15) is 26.0 Å². The number of hydrogen-bond acceptors (Lipinski definition) is 4. The molecule has 0 bridgehead atoms. The monoisotopic (exact) mass is 274 g/mol. The Morgan fingerprint density at radius 1 is 1.20 bits per heavy atom. The molecule has 2 rings (SSSR count). The summed E-state index contributed by atoms with van der Waals surface area (Å²) in [6, 6.07) is 9.95. The van der Waals surface area contributed by atoms with Crippen molar-refractivity contribution in [3.05, 3.63) is 36.0 Å². The molecular formula is C15H22N4O. The molecule has 0 saturated carbocycles. The van der Waals surface area contributed by atoms with Crippen molar-refractivity contribution in [3.63, 3.8) is 0 Å². The van der Waals surface area contributed by atoms with Crippen molar-refractivity contribution < 1.29 is 5.11 Å². The minimum atomic E-state index is -0.318. The molecule has 0 spiro atoms. The van der Waals surface area contributed by atoms with Crippen LogP contribution in [0.3, 0.4) is 0 Å². The molecule has 5 nitrogen and oxygen atoms in total. The van der Waals surface area contributed by atoms with Gasteiger partial charge in [-0.05, 0) is 12.3 Å². The number of hydrogen-bond donors (Lipinski definition) is 3. The summed E-state index contributed by atoms with van der Waals surface area (Å²) in [6.45, 7) is 5.37. The maximum absolute atomic E-state index is 9.83. The summed E-state index contributed by atoms with van der Waals surface area (Å²) in [5.74, 6) is 0.499. The lowest BCUT2D eigenvalue weighted by Gasteiger charge is -2.13. The summed E-state index contributed by atoms with van der Waals surface area (Å²) in [4.78, 5) is 0. The minimum Gasteiger partial charge on any atom is -0.392 e. The average molecular weight is 274 g/mol. The first-order valence-corrected chi connectivity index (χ1v) is 7.00. The van der Waals surface area contributed by atoms with Crippen molar-refractivity contribution in [2.75, 3.05) is 6.54 Å². The Morgan fingerprint density at radius 3 is 2.65 bits per heavy atom. The molecule has 0 aliphatic carbocycles. The Morgan fingerprint density at radius 2 is 1.95 bits per heavy atom. The molecule has 0 saturated heterocycles. The van der Waals surface area contributed by atoms with Crippen LogP contribution in [-0.2, 0) is 6.54 Å². The van der Waals surface area contributed by atoms with Gasteiger partial charge in [0.15, 0.2) is 0 Å². The summed E-state index contributed by atoms with van der Waals surface area (Å²) < 4.78 is 0. The first-order valence-electron chi connectivity index (χ1n) is 7.00. The third kappa shape index (κ3) is 4.15. The van der Waals surface area contributed by atoms with E-state index in [0.717, 1.165) is 23.4 Å². The molecule has 1 unspecified atom stereocenters. The van der Waals surface area contributed by atoms with Gasteiger partial charge in [0.25, 0.3) is 0 Å². The lowest BCUT2D eigenvalue weighted by molar-refractivity contribution is 0.146. The molecule has 1 atom stereocenters. The molecule has 108 valence electrons. The Kier molecular flexibility index (Phi) is 5.26. The third-order valence-corrected chi connectivity index (χ3v) is 3.08. The minimum absolute atomic E-state index is 0.318. The topological polar surface area (TPSA) is 73.8 Å². The van der Waals surface area contributed by atoms with Gasteiger partial charge in [0.1, 0.15) is 11.4 Å². The number of benzene rings is 1. The number of H-pyrrole nitrogens is 1. The molecule has 5 heteroatoms. The van der Waals surface area contributed by atoms with Gasteiger partial charge in [-0.25, -0.2) is 0 Å². The number of nitrogens with zero attached hydrogens (tertiary/aromatic N) is 2. The van der Waals surface area contributed by atoms with E-state index in [1.807, 2.05) is 30.3 Å². The average Bonchev–Trinajstić information content (AvgIpc) is 2.87. The first-order chi connectivity index (χ1) is 9.66. The molecule has 2 aromatic rings. The summed E-state index contributed by atoms with van der Waals surface area (Å²) in [5.41, 5.74) is 2.77. The zero-order chi connectivity index (χ0) is 14.4. The van der Waals surface area contributed by atoms with Gasteiger partial charge < -0.3 is 10.4 Å². The zero-order valence-electron chi connectivity index (χ0n) is 12.0. The fourth-order valence-corrected chi connectivity index (χ4v) is 2.19. The molecule has 0 aliphatic rings. The van der Waals surface area contributed by atoms with Gasteiger partial charge in [-0.2, -0.15) is 15.4 Å². The predicted molar refractivity (Wildman–Crippen MR) is 79.0 cm³/mol. The van der Waals surface area contributed by atoms with Crippen LogP contribution in [-0.4, -0.2) is 33.2 Å². The summed E-state index contributed by atoms with van der Waals surface area (Å²) in [6.07, 6.45) is 0.485. The van der Waals surface area contributed by atoms with Gasteiger partial charge in [0.05, 0.1) is 6.10 Å². The molecule has 1 heterocycles. The Labute approximate surface area is 119 Å². The van der Waals surface area contributed by atoms with Crippen molar-refractivity contribution in [1.82, 2.24) is 20.7 Å². The summed E-state index contributed by atoms with van der Waals surface area (Å²) in [7, 11) is 0. The molecule has 1 aromatic carbocycles. The largest absolute Gasteiger partial charge is 0.392 e. The van der Waals surface area contributed by atoms with E-state index >= 15 is 0 Å². The van der Waals surface area contributed by atoms with E-state index in [0.29, 0.717) is 19.0 Å². The van der Waals surface area contributed by atoms with E-state index in [1.165, 1.54) is 0 Å². The van der Waals surface area contributed by atoms with E-state index in [4.69, 9.17) is 0 Å². The third-order valence-electron chi connectivity index (χ3n) is 3.08. The Hall–Kier alpha value is -1.72. The van der Waals surface area contributed by atoms with Gasteiger partial charge >= 0.3 is 0 Å². The van der Waals surface area contributed by atoms with E-state index in [2.05, 4.69) is 34.6 Å². The van der Waals surface area contributed by atoms with Crippen molar-refractivity contribution >= 4 is 0 Å². The van der Waals surface area contributed by atoms with Crippen molar-refractivity contribution in [2.45, 2.75) is 32.9 Å². The standard InChI is InChI=1S/C15H22N4O/c1-11(2)8-13(20)9-16-10-14-15(18-19-17-14)12-6-4-3-5-7-12/h3-7,11,13,16,20H,8-10H2,1-2H3,(H,17,18,19). The highest BCUT2D eigenvalue weighted by molar-refractivity contribution is 5.60.